The molecule has 0 atom stereocenters. The summed E-state index contributed by atoms with van der Waals surface area (Å²) in [4.78, 5) is 12.0. The van der Waals surface area contributed by atoms with E-state index < -0.39 is 5.97 Å². The predicted molar refractivity (Wildman–Crippen MR) is 88.5 cm³/mol. The number of hydrogen-bond acceptors (Lipinski definition) is 3. The second kappa shape index (κ2) is 8.12. The standard InChI is InChI=1S/C20H14O3/c1-3-4-5-6-7-16-8-12-19(13-9-16)23-20(21)17-10-14-18(22-2)15-11-17/h7-15H,1H2,2H3. The monoisotopic (exact) mass is 302 g/mol. The van der Waals surface area contributed by atoms with Crippen LogP contribution in [0.15, 0.2) is 78.0 Å². The van der Waals surface area contributed by atoms with E-state index in [1.54, 1.807) is 49.6 Å². The molecule has 0 saturated heterocycles. The molecule has 0 aliphatic carbocycles. The van der Waals surface area contributed by atoms with Gasteiger partial charge in [0.05, 0.1) is 12.7 Å². The van der Waals surface area contributed by atoms with E-state index >= 15 is 0 Å². The van der Waals surface area contributed by atoms with Crippen molar-refractivity contribution in [2.24, 2.45) is 0 Å². The van der Waals surface area contributed by atoms with Gasteiger partial charge in [0.15, 0.2) is 0 Å². The molecule has 2 rings (SSSR count). The lowest BCUT2D eigenvalue weighted by Crippen LogP contribution is -2.08. The van der Waals surface area contributed by atoms with Crippen LogP contribution in [0, 0.1) is 0 Å². The van der Waals surface area contributed by atoms with E-state index in [0.717, 1.165) is 5.56 Å². The summed E-state index contributed by atoms with van der Waals surface area (Å²) in [5.41, 5.74) is 11.8. The van der Waals surface area contributed by atoms with E-state index in [0.29, 0.717) is 17.1 Å². The number of ether oxygens (including phenoxy) is 2. The van der Waals surface area contributed by atoms with Crippen LogP contribution in [-0.2, 0) is 0 Å². The Morgan fingerprint density at radius 2 is 1.65 bits per heavy atom. The van der Waals surface area contributed by atoms with Crippen molar-refractivity contribution in [1.29, 1.82) is 0 Å². The summed E-state index contributed by atoms with van der Waals surface area (Å²) in [5.74, 6) is 0.731. The van der Waals surface area contributed by atoms with Crippen LogP contribution in [0.4, 0.5) is 0 Å². The quantitative estimate of drug-likeness (QED) is 0.483. The smallest absolute Gasteiger partial charge is 0.343 e. The topological polar surface area (TPSA) is 35.5 Å². The summed E-state index contributed by atoms with van der Waals surface area (Å²) in [7, 11) is 1.57. The zero-order valence-electron chi connectivity index (χ0n) is 12.6. The molecule has 0 unspecified atom stereocenters. The highest BCUT2D eigenvalue weighted by Crippen LogP contribution is 2.16. The molecule has 2 aromatic carbocycles. The molecule has 3 heteroatoms. The van der Waals surface area contributed by atoms with Gasteiger partial charge in [0.1, 0.15) is 11.5 Å². The molecular formula is C20H14O3. The number of carbonyl (C=O) groups is 1. The van der Waals surface area contributed by atoms with Crippen molar-refractivity contribution in [3.63, 3.8) is 0 Å². The average molecular weight is 302 g/mol. The first-order chi connectivity index (χ1) is 11.2. The van der Waals surface area contributed by atoms with Gasteiger partial charge in [-0.15, -0.1) is 0 Å². The zero-order valence-corrected chi connectivity index (χ0v) is 12.6. The van der Waals surface area contributed by atoms with Crippen molar-refractivity contribution < 1.29 is 14.3 Å². The van der Waals surface area contributed by atoms with Gasteiger partial charge < -0.3 is 9.47 Å². The molecule has 112 valence electrons. The van der Waals surface area contributed by atoms with Gasteiger partial charge in [-0.25, -0.2) is 4.79 Å². The van der Waals surface area contributed by atoms with E-state index in [9.17, 15) is 4.79 Å². The lowest BCUT2D eigenvalue weighted by molar-refractivity contribution is 0.0734. The van der Waals surface area contributed by atoms with Crippen LogP contribution < -0.4 is 9.47 Å². The summed E-state index contributed by atoms with van der Waals surface area (Å²) in [6, 6.07) is 13.8. The number of hydrogen-bond donors (Lipinski definition) is 0. The Labute approximate surface area is 134 Å². The summed E-state index contributed by atoms with van der Waals surface area (Å²) >= 11 is 0. The van der Waals surface area contributed by atoms with Gasteiger partial charge in [-0.2, -0.15) is 0 Å². The average Bonchev–Trinajstić information content (AvgIpc) is 2.60. The van der Waals surface area contributed by atoms with E-state index in [2.05, 4.69) is 29.5 Å². The Morgan fingerprint density at radius 1 is 1.00 bits per heavy atom. The molecule has 0 radical (unpaired) electrons. The fourth-order valence-corrected chi connectivity index (χ4v) is 1.72. The minimum absolute atomic E-state index is 0.421. The molecule has 0 N–H and O–H groups in total. The number of rotatable bonds is 4. The summed E-state index contributed by atoms with van der Waals surface area (Å²) in [6.07, 6.45) is 1.72. The van der Waals surface area contributed by atoms with Gasteiger partial charge in [-0.1, -0.05) is 23.6 Å². The molecule has 0 heterocycles. The maximum atomic E-state index is 12.0. The Balaban J connectivity index is 2.08. The molecule has 0 fully saturated rings. The van der Waals surface area contributed by atoms with Crippen LogP contribution in [0.2, 0.25) is 0 Å². The maximum absolute atomic E-state index is 12.0. The van der Waals surface area contributed by atoms with Crippen LogP contribution in [-0.4, -0.2) is 13.1 Å². The highest BCUT2D eigenvalue weighted by Gasteiger charge is 2.08. The van der Waals surface area contributed by atoms with E-state index in [1.807, 2.05) is 12.1 Å². The number of methoxy groups -OCH3 is 1. The minimum Gasteiger partial charge on any atom is -0.497 e. The molecule has 0 saturated carbocycles. The Hall–Kier alpha value is -3.43. The Morgan fingerprint density at radius 3 is 2.26 bits per heavy atom. The van der Waals surface area contributed by atoms with Gasteiger partial charge in [0.2, 0.25) is 0 Å². The highest BCUT2D eigenvalue weighted by atomic mass is 16.5. The summed E-state index contributed by atoms with van der Waals surface area (Å²) in [5, 5.41) is 0. The molecule has 0 bridgehead atoms. The number of esters is 1. The molecular weight excluding hydrogens is 288 g/mol. The third-order valence-electron chi connectivity index (χ3n) is 2.88. The fourth-order valence-electron chi connectivity index (χ4n) is 1.72. The third kappa shape index (κ3) is 4.81. The maximum Gasteiger partial charge on any atom is 0.343 e. The number of benzene rings is 2. The first-order valence-electron chi connectivity index (χ1n) is 6.80. The van der Waals surface area contributed by atoms with Crippen LogP contribution in [0.25, 0.3) is 6.08 Å². The summed E-state index contributed by atoms with van der Waals surface area (Å²) in [6.45, 7) is 3.37. The normalized spacial score (nSPS) is 8.74. The van der Waals surface area contributed by atoms with E-state index in [4.69, 9.17) is 9.47 Å². The van der Waals surface area contributed by atoms with Crippen LogP contribution in [0.5, 0.6) is 11.5 Å². The van der Waals surface area contributed by atoms with Crippen molar-refractivity contribution in [2.75, 3.05) is 7.11 Å². The van der Waals surface area contributed by atoms with Crippen molar-refractivity contribution in [2.45, 2.75) is 0 Å². The second-order valence-corrected chi connectivity index (χ2v) is 4.40. The highest BCUT2D eigenvalue weighted by molar-refractivity contribution is 5.91. The molecule has 2 aromatic rings. The van der Waals surface area contributed by atoms with Gasteiger partial charge in [0, 0.05) is 0 Å². The van der Waals surface area contributed by atoms with Gasteiger partial charge in [-0.05, 0) is 66.1 Å². The molecule has 0 spiro atoms. The predicted octanol–water partition coefficient (Wildman–Crippen LogP) is 4.18. The Kier molecular flexibility index (Phi) is 5.63. The van der Waals surface area contributed by atoms with Crippen molar-refractivity contribution in [3.8, 4) is 11.5 Å². The fraction of sp³-hybridized carbons (Fsp3) is 0.0500. The lowest BCUT2D eigenvalue weighted by atomic mass is 10.2. The molecule has 0 amide bonds. The largest absolute Gasteiger partial charge is 0.497 e. The van der Waals surface area contributed by atoms with Crippen LogP contribution >= 0.6 is 0 Å². The third-order valence-corrected chi connectivity index (χ3v) is 2.88. The molecule has 0 aliphatic heterocycles. The first-order valence-corrected chi connectivity index (χ1v) is 6.80. The van der Waals surface area contributed by atoms with Crippen LogP contribution in [0.1, 0.15) is 15.9 Å². The van der Waals surface area contributed by atoms with Crippen LogP contribution in [0.3, 0.4) is 0 Å². The zero-order chi connectivity index (χ0) is 16.5. The molecule has 0 aliphatic rings. The van der Waals surface area contributed by atoms with E-state index in [1.165, 1.54) is 0 Å². The van der Waals surface area contributed by atoms with Gasteiger partial charge >= 0.3 is 5.97 Å². The van der Waals surface area contributed by atoms with Crippen molar-refractivity contribution >= 4 is 12.0 Å². The molecule has 3 nitrogen and oxygen atoms in total. The lowest BCUT2D eigenvalue weighted by Gasteiger charge is -2.05. The Bertz CT molecular complexity index is 835. The SMILES string of the molecule is C=C=C=C=C=Cc1ccc(OC(=O)c2ccc(OC)cc2)cc1. The summed E-state index contributed by atoms with van der Waals surface area (Å²) < 4.78 is 10.4. The van der Waals surface area contributed by atoms with Crippen molar-refractivity contribution in [1.82, 2.24) is 0 Å². The second-order valence-electron chi connectivity index (χ2n) is 4.40. The van der Waals surface area contributed by atoms with Crippen molar-refractivity contribution in [3.05, 3.63) is 89.2 Å². The first kappa shape index (κ1) is 15.9. The van der Waals surface area contributed by atoms with Gasteiger partial charge in [-0.3, -0.25) is 0 Å². The van der Waals surface area contributed by atoms with Gasteiger partial charge in [0.25, 0.3) is 0 Å². The number of carbonyl (C=O) groups excluding carboxylic acids is 1. The van der Waals surface area contributed by atoms with E-state index in [-0.39, 0.29) is 0 Å². The minimum atomic E-state index is -0.421. The molecule has 23 heavy (non-hydrogen) atoms. The molecule has 0 aromatic heterocycles.